The van der Waals surface area contributed by atoms with Crippen molar-refractivity contribution in [3.8, 4) is 0 Å². The summed E-state index contributed by atoms with van der Waals surface area (Å²) in [5.41, 5.74) is 0.979. The molecule has 0 aliphatic carbocycles. The minimum Gasteiger partial charge on any atom is -0.475 e. The molecular formula is C11H15NO5S. The van der Waals surface area contributed by atoms with Crippen LogP contribution in [0.5, 0.6) is 0 Å². The Morgan fingerprint density at radius 3 is 2.56 bits per heavy atom. The Balaban J connectivity index is 2.98. The van der Waals surface area contributed by atoms with Gasteiger partial charge in [-0.25, -0.2) is 17.9 Å². The summed E-state index contributed by atoms with van der Waals surface area (Å²) in [5, 5.41) is 8.72. The third-order valence-electron chi connectivity index (χ3n) is 2.16. The number of allylic oxidation sites excluding steroid dienone is 1. The fourth-order valence-corrected chi connectivity index (χ4v) is 2.41. The van der Waals surface area contributed by atoms with Crippen molar-refractivity contribution in [3.05, 3.63) is 29.2 Å². The van der Waals surface area contributed by atoms with Crippen LogP contribution in [-0.2, 0) is 10.0 Å². The number of nitrogens with one attached hydrogen (secondary N) is 1. The van der Waals surface area contributed by atoms with Crippen LogP contribution in [0.4, 0.5) is 0 Å². The molecule has 0 atom stereocenters. The van der Waals surface area contributed by atoms with Crippen molar-refractivity contribution < 1.29 is 22.7 Å². The molecule has 1 aromatic heterocycles. The van der Waals surface area contributed by atoms with Gasteiger partial charge in [-0.1, -0.05) is 11.6 Å². The highest BCUT2D eigenvalue weighted by Gasteiger charge is 2.23. The molecule has 0 fully saturated rings. The summed E-state index contributed by atoms with van der Waals surface area (Å²) in [6.45, 7) is 5.25. The standard InChI is InChI=1S/C11H15NO5S/c1-7(2)4-5-12-18(15,16)10-6-9(11(13)14)17-8(10)3/h4,6,12H,5H2,1-3H3,(H,13,14). The van der Waals surface area contributed by atoms with Crippen molar-refractivity contribution in [3.63, 3.8) is 0 Å². The molecule has 18 heavy (non-hydrogen) atoms. The van der Waals surface area contributed by atoms with Crippen molar-refractivity contribution in [1.29, 1.82) is 0 Å². The van der Waals surface area contributed by atoms with Crippen LogP contribution in [0.3, 0.4) is 0 Å². The Hall–Kier alpha value is -1.60. The molecule has 0 aliphatic rings. The minimum atomic E-state index is -3.75. The summed E-state index contributed by atoms with van der Waals surface area (Å²) in [6.07, 6.45) is 1.71. The van der Waals surface area contributed by atoms with E-state index in [0.717, 1.165) is 11.6 Å². The van der Waals surface area contributed by atoms with Crippen molar-refractivity contribution in [2.24, 2.45) is 0 Å². The Kier molecular flexibility index (Phi) is 4.31. The minimum absolute atomic E-state index is 0.0529. The van der Waals surface area contributed by atoms with E-state index in [1.165, 1.54) is 6.92 Å². The Morgan fingerprint density at radius 1 is 1.50 bits per heavy atom. The smallest absolute Gasteiger partial charge is 0.371 e. The zero-order valence-corrected chi connectivity index (χ0v) is 11.2. The zero-order valence-electron chi connectivity index (χ0n) is 10.4. The molecule has 0 spiro atoms. The first-order valence-electron chi connectivity index (χ1n) is 5.21. The molecule has 1 heterocycles. The average Bonchev–Trinajstić information content (AvgIpc) is 2.60. The Bertz CT molecular complexity index is 579. The number of furan rings is 1. The zero-order chi connectivity index (χ0) is 13.9. The van der Waals surface area contributed by atoms with E-state index in [2.05, 4.69) is 4.72 Å². The number of sulfonamides is 1. The molecule has 0 amide bonds. The maximum absolute atomic E-state index is 11.9. The highest BCUT2D eigenvalue weighted by atomic mass is 32.2. The second kappa shape index (κ2) is 5.36. The number of rotatable bonds is 5. The Labute approximate surface area is 105 Å². The van der Waals surface area contributed by atoms with Crippen molar-refractivity contribution >= 4 is 16.0 Å². The Morgan fingerprint density at radius 2 is 2.11 bits per heavy atom. The summed E-state index contributed by atoms with van der Waals surface area (Å²) < 4.78 is 31.0. The summed E-state index contributed by atoms with van der Waals surface area (Å²) in [5.74, 6) is -1.64. The summed E-state index contributed by atoms with van der Waals surface area (Å²) in [7, 11) is -3.75. The second-order valence-electron chi connectivity index (χ2n) is 3.97. The van der Waals surface area contributed by atoms with Gasteiger partial charge in [0.15, 0.2) is 0 Å². The highest BCUT2D eigenvalue weighted by molar-refractivity contribution is 7.89. The van der Waals surface area contributed by atoms with E-state index in [9.17, 15) is 13.2 Å². The molecule has 6 nitrogen and oxygen atoms in total. The van der Waals surface area contributed by atoms with E-state index in [1.54, 1.807) is 6.08 Å². The molecular weight excluding hydrogens is 258 g/mol. The normalized spacial score (nSPS) is 11.3. The van der Waals surface area contributed by atoms with Crippen molar-refractivity contribution in [2.45, 2.75) is 25.7 Å². The van der Waals surface area contributed by atoms with Gasteiger partial charge in [0, 0.05) is 12.6 Å². The van der Waals surface area contributed by atoms with E-state index in [1.807, 2.05) is 13.8 Å². The molecule has 0 radical (unpaired) electrons. The number of carbonyl (C=O) groups is 1. The molecule has 0 unspecified atom stereocenters. The molecule has 0 saturated carbocycles. The molecule has 2 N–H and O–H groups in total. The van der Waals surface area contributed by atoms with Gasteiger partial charge < -0.3 is 9.52 Å². The van der Waals surface area contributed by atoms with Gasteiger partial charge in [-0.2, -0.15) is 0 Å². The maximum atomic E-state index is 11.9. The van der Waals surface area contributed by atoms with Gasteiger partial charge in [0.1, 0.15) is 10.7 Å². The van der Waals surface area contributed by atoms with Crippen LogP contribution in [0, 0.1) is 6.92 Å². The van der Waals surface area contributed by atoms with Gasteiger partial charge in [0.05, 0.1) is 0 Å². The van der Waals surface area contributed by atoms with Crippen LogP contribution in [0.15, 0.2) is 27.0 Å². The third kappa shape index (κ3) is 3.44. The van der Waals surface area contributed by atoms with Gasteiger partial charge in [-0.15, -0.1) is 0 Å². The van der Waals surface area contributed by atoms with Crippen LogP contribution in [0.1, 0.15) is 30.2 Å². The lowest BCUT2D eigenvalue weighted by atomic mass is 10.3. The average molecular weight is 273 g/mol. The van der Waals surface area contributed by atoms with Gasteiger partial charge >= 0.3 is 5.97 Å². The predicted molar refractivity (Wildman–Crippen MR) is 65.0 cm³/mol. The van der Waals surface area contributed by atoms with Gasteiger partial charge in [0.25, 0.3) is 0 Å². The fourth-order valence-electron chi connectivity index (χ4n) is 1.27. The lowest BCUT2D eigenvalue weighted by Gasteiger charge is -2.02. The van der Waals surface area contributed by atoms with Crippen molar-refractivity contribution in [1.82, 2.24) is 4.72 Å². The second-order valence-corrected chi connectivity index (χ2v) is 5.70. The van der Waals surface area contributed by atoms with E-state index in [4.69, 9.17) is 9.52 Å². The van der Waals surface area contributed by atoms with E-state index >= 15 is 0 Å². The molecule has 100 valence electrons. The lowest BCUT2D eigenvalue weighted by Crippen LogP contribution is -2.24. The maximum Gasteiger partial charge on any atom is 0.371 e. The molecule has 7 heteroatoms. The molecule has 0 aliphatic heterocycles. The van der Waals surface area contributed by atoms with Crippen molar-refractivity contribution in [2.75, 3.05) is 6.54 Å². The quantitative estimate of drug-likeness (QED) is 0.793. The summed E-state index contributed by atoms with van der Waals surface area (Å²) in [6, 6.07) is 1.00. The van der Waals surface area contributed by atoms with Gasteiger partial charge in [-0.3, -0.25) is 0 Å². The predicted octanol–water partition coefficient (Wildman–Crippen LogP) is 1.53. The first kappa shape index (κ1) is 14.5. The monoisotopic (exact) mass is 273 g/mol. The molecule has 0 aromatic carbocycles. The van der Waals surface area contributed by atoms with Crippen LogP contribution in [-0.4, -0.2) is 26.0 Å². The molecule has 0 saturated heterocycles. The summed E-state index contributed by atoms with van der Waals surface area (Å²) in [4.78, 5) is 10.5. The molecule has 0 bridgehead atoms. The van der Waals surface area contributed by atoms with E-state index in [-0.39, 0.29) is 17.2 Å². The first-order chi connectivity index (χ1) is 8.24. The largest absolute Gasteiger partial charge is 0.475 e. The topological polar surface area (TPSA) is 96.6 Å². The number of carboxylic acid groups (broad SMARTS) is 1. The lowest BCUT2D eigenvalue weighted by molar-refractivity contribution is 0.0661. The number of hydrogen-bond acceptors (Lipinski definition) is 4. The van der Waals surface area contributed by atoms with Crippen LogP contribution in [0.2, 0.25) is 0 Å². The number of aryl methyl sites for hydroxylation is 1. The van der Waals surface area contributed by atoms with Crippen LogP contribution < -0.4 is 4.72 Å². The van der Waals surface area contributed by atoms with Gasteiger partial charge in [-0.05, 0) is 20.8 Å². The number of hydrogen-bond donors (Lipinski definition) is 2. The SMILES string of the molecule is CC(C)=CCNS(=O)(=O)c1cc(C(=O)O)oc1C. The van der Waals surface area contributed by atoms with Crippen LogP contribution in [0.25, 0.3) is 0 Å². The summed E-state index contributed by atoms with van der Waals surface area (Å²) >= 11 is 0. The number of carboxylic acids is 1. The van der Waals surface area contributed by atoms with E-state index < -0.39 is 21.8 Å². The molecule has 1 rings (SSSR count). The van der Waals surface area contributed by atoms with E-state index in [0.29, 0.717) is 0 Å². The fraction of sp³-hybridized carbons (Fsp3) is 0.364. The van der Waals surface area contributed by atoms with Crippen LogP contribution >= 0.6 is 0 Å². The third-order valence-corrected chi connectivity index (χ3v) is 3.69. The van der Waals surface area contributed by atoms with Gasteiger partial charge in [0.2, 0.25) is 15.8 Å². The first-order valence-corrected chi connectivity index (χ1v) is 6.69. The number of aromatic carboxylic acids is 1. The highest BCUT2D eigenvalue weighted by Crippen LogP contribution is 2.19. The molecule has 1 aromatic rings.